The largest absolute Gasteiger partial charge is 0.370 e. The molecule has 2 rings (SSSR count). The lowest BCUT2D eigenvalue weighted by molar-refractivity contribution is 0.0938. The van der Waals surface area contributed by atoms with Gasteiger partial charge < -0.3 is 15.5 Å². The summed E-state index contributed by atoms with van der Waals surface area (Å²) >= 11 is 0. The van der Waals surface area contributed by atoms with E-state index in [4.69, 9.17) is 0 Å². The average molecular weight is 266 g/mol. The highest BCUT2D eigenvalue weighted by Crippen LogP contribution is 2.15. The van der Waals surface area contributed by atoms with E-state index >= 15 is 0 Å². The predicted octanol–water partition coefficient (Wildman–Crippen LogP) is 1.09. The van der Waals surface area contributed by atoms with E-state index in [1.54, 1.807) is 0 Å². The number of hydrogen-bond acceptors (Lipinski definition) is 4. The predicted molar refractivity (Wildman–Crippen MR) is 71.7 cm³/mol. The van der Waals surface area contributed by atoms with Crippen LogP contribution in [-0.4, -0.2) is 48.5 Å². The van der Waals surface area contributed by atoms with Gasteiger partial charge in [-0.3, -0.25) is 4.79 Å². The summed E-state index contributed by atoms with van der Waals surface area (Å²) in [4.78, 5) is 18.3. The Morgan fingerprint density at radius 2 is 2.42 bits per heavy atom. The number of aromatic nitrogens is 1. The fraction of sp³-hybridized carbons (Fsp3) is 0.538. The maximum absolute atomic E-state index is 13.2. The maximum atomic E-state index is 13.2. The fourth-order valence-corrected chi connectivity index (χ4v) is 2.24. The molecule has 1 aliphatic rings. The zero-order valence-corrected chi connectivity index (χ0v) is 11.2. The molecule has 0 bridgehead atoms. The first-order valence-corrected chi connectivity index (χ1v) is 6.49. The van der Waals surface area contributed by atoms with Gasteiger partial charge in [-0.1, -0.05) is 0 Å². The fourth-order valence-electron chi connectivity index (χ4n) is 2.24. The Morgan fingerprint density at radius 3 is 3.05 bits per heavy atom. The van der Waals surface area contributed by atoms with Crippen molar-refractivity contribution in [2.75, 3.05) is 32.0 Å². The standard InChI is InChI=1S/C13H19FN4O/c1-3-15-12-11(6-9(14)7-16-12)13(19)17-10-4-5-18(2)8-10/h6-7,10H,3-5,8H2,1-2H3,(H,15,16)(H,17,19). The van der Waals surface area contributed by atoms with Gasteiger partial charge in [0.25, 0.3) is 5.91 Å². The van der Waals surface area contributed by atoms with Crippen molar-refractivity contribution in [2.24, 2.45) is 0 Å². The molecule has 1 aromatic heterocycles. The molecule has 1 amide bonds. The monoisotopic (exact) mass is 266 g/mol. The van der Waals surface area contributed by atoms with Gasteiger partial charge in [0.2, 0.25) is 0 Å². The Hall–Kier alpha value is -1.69. The molecule has 0 aromatic carbocycles. The SMILES string of the molecule is CCNc1ncc(F)cc1C(=O)NC1CCN(C)C1. The van der Waals surface area contributed by atoms with Crippen molar-refractivity contribution in [3.8, 4) is 0 Å². The van der Waals surface area contributed by atoms with Gasteiger partial charge in [0.1, 0.15) is 11.6 Å². The smallest absolute Gasteiger partial charge is 0.255 e. The van der Waals surface area contributed by atoms with Crippen LogP contribution < -0.4 is 10.6 Å². The first kappa shape index (κ1) is 13.7. The number of nitrogens with zero attached hydrogens (tertiary/aromatic N) is 2. The van der Waals surface area contributed by atoms with Gasteiger partial charge in [0, 0.05) is 19.1 Å². The second-order valence-corrected chi connectivity index (χ2v) is 4.80. The summed E-state index contributed by atoms with van der Waals surface area (Å²) in [5.41, 5.74) is 0.261. The van der Waals surface area contributed by atoms with Crippen LogP contribution in [0, 0.1) is 5.82 Å². The number of carbonyl (C=O) groups excluding carboxylic acids is 1. The lowest BCUT2D eigenvalue weighted by Crippen LogP contribution is -2.37. The molecule has 2 heterocycles. The number of nitrogens with one attached hydrogen (secondary N) is 2. The topological polar surface area (TPSA) is 57.3 Å². The molecule has 1 unspecified atom stereocenters. The van der Waals surface area contributed by atoms with E-state index in [-0.39, 0.29) is 17.5 Å². The van der Waals surface area contributed by atoms with E-state index in [1.165, 1.54) is 6.07 Å². The Morgan fingerprint density at radius 1 is 1.63 bits per heavy atom. The van der Waals surface area contributed by atoms with Gasteiger partial charge in [-0.05, 0) is 33.0 Å². The van der Waals surface area contributed by atoms with Gasteiger partial charge >= 0.3 is 0 Å². The summed E-state index contributed by atoms with van der Waals surface area (Å²) in [5, 5.41) is 5.89. The first-order chi connectivity index (χ1) is 9.10. The Balaban J connectivity index is 2.11. The van der Waals surface area contributed by atoms with Crippen LogP contribution in [0.4, 0.5) is 10.2 Å². The molecule has 1 saturated heterocycles. The zero-order valence-electron chi connectivity index (χ0n) is 11.2. The minimum Gasteiger partial charge on any atom is -0.370 e. The second kappa shape index (κ2) is 5.97. The average Bonchev–Trinajstić information content (AvgIpc) is 2.77. The quantitative estimate of drug-likeness (QED) is 0.856. The molecule has 1 fully saturated rings. The highest BCUT2D eigenvalue weighted by Gasteiger charge is 2.23. The number of likely N-dealkylation sites (tertiary alicyclic amines) is 1. The summed E-state index contributed by atoms with van der Waals surface area (Å²) < 4.78 is 13.2. The number of rotatable bonds is 4. The molecular weight excluding hydrogens is 247 g/mol. The highest BCUT2D eigenvalue weighted by molar-refractivity contribution is 5.98. The van der Waals surface area contributed by atoms with Crippen molar-refractivity contribution in [2.45, 2.75) is 19.4 Å². The molecule has 0 radical (unpaired) electrons. The normalized spacial score (nSPS) is 19.4. The van der Waals surface area contributed by atoms with Crippen molar-refractivity contribution in [1.29, 1.82) is 0 Å². The molecule has 5 nitrogen and oxygen atoms in total. The lowest BCUT2D eigenvalue weighted by Gasteiger charge is -2.15. The molecule has 0 aliphatic carbocycles. The van der Waals surface area contributed by atoms with E-state index in [0.29, 0.717) is 12.4 Å². The number of hydrogen-bond donors (Lipinski definition) is 2. The van der Waals surface area contributed by atoms with Crippen LogP contribution in [0.1, 0.15) is 23.7 Å². The van der Waals surface area contributed by atoms with Crippen molar-refractivity contribution < 1.29 is 9.18 Å². The van der Waals surface area contributed by atoms with Gasteiger partial charge in [-0.15, -0.1) is 0 Å². The minimum atomic E-state index is -0.504. The Bertz CT molecular complexity index is 466. The summed E-state index contributed by atoms with van der Waals surface area (Å²) in [5.74, 6) is -0.355. The first-order valence-electron chi connectivity index (χ1n) is 6.49. The molecule has 1 aromatic rings. The summed E-state index contributed by atoms with van der Waals surface area (Å²) in [7, 11) is 2.01. The van der Waals surface area contributed by atoms with E-state index in [1.807, 2.05) is 14.0 Å². The third-order valence-electron chi connectivity index (χ3n) is 3.17. The number of halogens is 1. The van der Waals surface area contributed by atoms with Gasteiger partial charge in [-0.2, -0.15) is 0 Å². The number of anilines is 1. The van der Waals surface area contributed by atoms with E-state index in [0.717, 1.165) is 25.7 Å². The van der Waals surface area contributed by atoms with Crippen LogP contribution in [0.5, 0.6) is 0 Å². The molecule has 1 aliphatic heterocycles. The van der Waals surface area contributed by atoms with E-state index in [9.17, 15) is 9.18 Å². The van der Waals surface area contributed by atoms with Gasteiger partial charge in [0.05, 0.1) is 11.8 Å². The van der Waals surface area contributed by atoms with Crippen molar-refractivity contribution >= 4 is 11.7 Å². The van der Waals surface area contributed by atoms with E-state index in [2.05, 4.69) is 20.5 Å². The number of carbonyl (C=O) groups is 1. The van der Waals surface area contributed by atoms with Crippen LogP contribution in [0.2, 0.25) is 0 Å². The lowest BCUT2D eigenvalue weighted by atomic mass is 10.2. The molecule has 1 atom stereocenters. The highest BCUT2D eigenvalue weighted by atomic mass is 19.1. The van der Waals surface area contributed by atoms with Crippen molar-refractivity contribution in [3.05, 3.63) is 23.6 Å². The van der Waals surface area contributed by atoms with Crippen molar-refractivity contribution in [1.82, 2.24) is 15.2 Å². The molecule has 2 N–H and O–H groups in total. The molecule has 19 heavy (non-hydrogen) atoms. The molecule has 6 heteroatoms. The van der Waals surface area contributed by atoms with Crippen LogP contribution in [0.3, 0.4) is 0 Å². The van der Waals surface area contributed by atoms with Crippen LogP contribution in [-0.2, 0) is 0 Å². The molecule has 0 saturated carbocycles. The van der Waals surface area contributed by atoms with Crippen LogP contribution >= 0.6 is 0 Å². The van der Waals surface area contributed by atoms with E-state index < -0.39 is 5.82 Å². The Kier molecular flexibility index (Phi) is 4.31. The summed E-state index contributed by atoms with van der Waals surface area (Å²) in [6.45, 7) is 4.32. The number of likely N-dealkylation sites (N-methyl/N-ethyl adjacent to an activating group) is 1. The Labute approximate surface area is 112 Å². The molecular formula is C13H19FN4O. The molecule has 0 spiro atoms. The third kappa shape index (κ3) is 3.41. The number of amides is 1. The van der Waals surface area contributed by atoms with Crippen LogP contribution in [0.25, 0.3) is 0 Å². The molecule has 104 valence electrons. The van der Waals surface area contributed by atoms with Crippen molar-refractivity contribution in [3.63, 3.8) is 0 Å². The minimum absolute atomic E-state index is 0.121. The summed E-state index contributed by atoms with van der Waals surface area (Å²) in [6.07, 6.45) is 2.03. The zero-order chi connectivity index (χ0) is 13.8. The second-order valence-electron chi connectivity index (χ2n) is 4.80. The number of pyridine rings is 1. The van der Waals surface area contributed by atoms with Gasteiger partial charge in [0.15, 0.2) is 0 Å². The van der Waals surface area contributed by atoms with Crippen LogP contribution in [0.15, 0.2) is 12.3 Å². The third-order valence-corrected chi connectivity index (χ3v) is 3.17. The maximum Gasteiger partial charge on any atom is 0.255 e. The van der Waals surface area contributed by atoms with Gasteiger partial charge in [-0.25, -0.2) is 9.37 Å². The summed E-state index contributed by atoms with van der Waals surface area (Å²) in [6, 6.07) is 1.34.